The molecule has 0 aliphatic heterocycles. The summed E-state index contributed by atoms with van der Waals surface area (Å²) in [7, 11) is 0. The first-order chi connectivity index (χ1) is 60.2. The molecule has 18 rings (SSSR count). The number of nitrogens with one attached hydrogen (secondary N) is 9. The third kappa shape index (κ3) is 27.1. The van der Waals surface area contributed by atoms with Crippen LogP contribution >= 0.6 is 69.6 Å². The number of hydrogen-bond donors (Lipinski definition) is 9. The molecule has 0 fully saturated rings. The lowest BCUT2D eigenvalue weighted by molar-refractivity contribution is 0.554. The lowest BCUT2D eigenvalue weighted by Crippen LogP contribution is -2.12. The minimum atomic E-state index is -0.0190. The fraction of sp³-hybridized carbons (Fsp3) is 0.411. The second kappa shape index (κ2) is 39.6. The number of nitrogens with zero attached hydrogens (tertiary/aromatic N) is 9. The molecule has 9 aromatic heterocycles. The van der Waals surface area contributed by atoms with E-state index in [9.17, 15) is 0 Å². The molecular formula is C107H136Cl6N18. The topological polar surface area (TPSA) is 258 Å². The quantitative estimate of drug-likeness (QED) is 0.0698. The molecule has 18 nitrogen and oxygen atoms in total. The average molecular weight is 1890 g/mol. The second-order valence-corrected chi connectivity index (χ2v) is 46.4. The first-order valence-corrected chi connectivity index (χ1v) is 46.9. The molecule has 0 bridgehead atoms. The Balaban J connectivity index is 0.000000153. The van der Waals surface area contributed by atoms with Crippen LogP contribution in [-0.4, -0.2) is 89.7 Å². The smallest absolute Gasteiger partial charge is 0.112 e. The van der Waals surface area contributed by atoms with Crippen LogP contribution in [0.25, 0.3) is 99.3 Å². The SMILES string of the molecule is CC(C)(C)c1nc2c(Cl)cc(Cl)cc2[nH]1.CC(C)(C)c1nc2c(Cl)cc(Cl)cc2[nH]1.Cc1cc(Cl)c2nc(C(C)(C)C)[nH]c2c1.Cc1cc(Cl)c2nc(C(C)(C)C)[nH]c2c1.Cc1cc2nc(C(C)(C)C)[nH]c2cc1C.Cc1ccc2nc(C(C)(C)C)[nH]c2c1.Cc1ccc2nc(C(C)(C)C)[nH]c2c1.Cc1ccc2nc(C(C)(C)C)[nH]c2c1.Cc1ccc2nc(C(C)(C)C)[nH]c2c1. The van der Waals surface area contributed by atoms with Crippen molar-refractivity contribution < 1.29 is 0 Å². The Hall–Kier alpha value is -10.1. The molecule has 0 atom stereocenters. The molecule has 0 amide bonds. The summed E-state index contributed by atoms with van der Waals surface area (Å²) < 4.78 is 0. The molecular weight excluding hydrogens is 1750 g/mol. The predicted molar refractivity (Wildman–Crippen MR) is 561 cm³/mol. The number of fused-ring (bicyclic) bond motifs is 9. The minimum absolute atomic E-state index is 0.0190. The lowest BCUT2D eigenvalue weighted by atomic mass is 9.96. The highest BCUT2D eigenvalue weighted by Crippen LogP contribution is 2.36. The number of aromatic amines is 9. The van der Waals surface area contributed by atoms with Gasteiger partial charge in [-0.15, -0.1) is 0 Å². The Morgan fingerprint density at radius 1 is 0.176 bits per heavy atom. The van der Waals surface area contributed by atoms with Crippen molar-refractivity contribution in [2.24, 2.45) is 0 Å². The summed E-state index contributed by atoms with van der Waals surface area (Å²) in [6.45, 7) is 74.5. The normalized spacial score (nSPS) is 12.3. The Labute approximate surface area is 804 Å². The van der Waals surface area contributed by atoms with E-state index in [4.69, 9.17) is 69.6 Å². The molecule has 131 heavy (non-hydrogen) atoms. The number of benzene rings is 9. The molecule has 0 aliphatic carbocycles. The van der Waals surface area contributed by atoms with E-state index in [1.165, 1.54) is 33.4 Å². The van der Waals surface area contributed by atoms with Crippen molar-refractivity contribution in [1.29, 1.82) is 0 Å². The summed E-state index contributed by atoms with van der Waals surface area (Å²) in [6, 6.07) is 44.6. The molecule has 0 spiro atoms. The van der Waals surface area contributed by atoms with Crippen molar-refractivity contribution in [1.82, 2.24) is 89.7 Å². The zero-order valence-corrected chi connectivity index (χ0v) is 88.0. The number of H-pyrrole nitrogens is 9. The highest BCUT2D eigenvalue weighted by Gasteiger charge is 2.27. The summed E-state index contributed by atoms with van der Waals surface area (Å²) in [5, 5.41) is 3.86. The fourth-order valence-corrected chi connectivity index (χ4v) is 15.2. The summed E-state index contributed by atoms with van der Waals surface area (Å²) in [5.74, 6) is 9.06. The molecule has 0 unspecified atom stereocenters. The van der Waals surface area contributed by atoms with Crippen molar-refractivity contribution >= 4 is 169 Å². The Morgan fingerprint density at radius 2 is 0.351 bits per heavy atom. The second-order valence-electron chi connectivity index (χ2n) is 43.9. The van der Waals surface area contributed by atoms with Crippen LogP contribution in [-0.2, 0) is 48.7 Å². The molecule has 24 heteroatoms. The van der Waals surface area contributed by atoms with Gasteiger partial charge in [-0.25, -0.2) is 44.9 Å². The van der Waals surface area contributed by atoms with Gasteiger partial charge in [-0.3, -0.25) is 0 Å². The van der Waals surface area contributed by atoms with Crippen LogP contribution in [0.2, 0.25) is 30.1 Å². The number of aromatic nitrogens is 18. The highest BCUT2D eigenvalue weighted by molar-refractivity contribution is 6.39. The minimum Gasteiger partial charge on any atom is -0.342 e. The van der Waals surface area contributed by atoms with Crippen LogP contribution in [0, 0.1) is 55.4 Å². The molecule has 9 aromatic carbocycles. The maximum Gasteiger partial charge on any atom is 0.112 e. The zero-order chi connectivity index (χ0) is 97.5. The molecule has 0 aliphatic rings. The first-order valence-electron chi connectivity index (χ1n) is 44.6. The van der Waals surface area contributed by atoms with Gasteiger partial charge >= 0.3 is 0 Å². The lowest BCUT2D eigenvalue weighted by Gasteiger charge is -2.13. The number of aryl methyl sites for hydroxylation is 8. The largest absolute Gasteiger partial charge is 0.342 e. The van der Waals surface area contributed by atoms with Gasteiger partial charge in [-0.1, -0.05) is 281 Å². The van der Waals surface area contributed by atoms with E-state index in [0.29, 0.717) is 20.1 Å². The monoisotopic (exact) mass is 1880 g/mol. The van der Waals surface area contributed by atoms with Gasteiger partial charge in [0.25, 0.3) is 0 Å². The van der Waals surface area contributed by atoms with Crippen LogP contribution < -0.4 is 0 Å². The van der Waals surface area contributed by atoms with E-state index < -0.39 is 0 Å². The fourth-order valence-electron chi connectivity index (χ4n) is 13.5. The number of imidazole rings is 9. The van der Waals surface area contributed by atoms with Crippen molar-refractivity contribution in [3.05, 3.63) is 261 Å². The van der Waals surface area contributed by atoms with Gasteiger partial charge in [0.2, 0.25) is 0 Å². The predicted octanol–water partition coefficient (Wildman–Crippen LogP) is 32.1. The number of rotatable bonds is 0. The van der Waals surface area contributed by atoms with Gasteiger partial charge in [0.15, 0.2) is 0 Å². The zero-order valence-electron chi connectivity index (χ0n) is 83.5. The Bertz CT molecular complexity index is 6260. The molecule has 9 heterocycles. The van der Waals surface area contributed by atoms with Crippen LogP contribution in [0.5, 0.6) is 0 Å². The standard InChI is InChI=1S/C13H18N2.2C12H15ClN2.4C12H16N2.2C11H12Cl2N2/c1-8-6-10-11(7-9(8)2)15-12(14-10)13(3,4)5;2*1-7-5-8(13)10-9(6-7)14-11(15-10)12(2,3)4;4*1-8-5-6-9-10(7-8)14-11(13-9)12(2,3)4;2*1-11(2,3)10-14-8-5-6(12)4-7(13)9(8)15-10/h6-7H,1-5H3,(H,14,15);2*5-6H,1-4H3,(H,14,15);4*5-7H,1-4H3,(H,13,14);2*4-5H,1-3H3,(H,14,15). The van der Waals surface area contributed by atoms with Crippen molar-refractivity contribution in [2.75, 3.05) is 0 Å². The van der Waals surface area contributed by atoms with E-state index in [1.54, 1.807) is 12.1 Å². The summed E-state index contributed by atoms with van der Waals surface area (Å²) in [4.78, 5) is 70.9. The number of halogens is 6. The molecule has 0 saturated heterocycles. The molecule has 9 N–H and O–H groups in total. The van der Waals surface area contributed by atoms with E-state index >= 15 is 0 Å². The van der Waals surface area contributed by atoms with Gasteiger partial charge in [0.1, 0.15) is 74.5 Å². The summed E-state index contributed by atoms with van der Waals surface area (Å²) in [6.07, 6.45) is 0. The molecule has 18 aromatic rings. The summed E-state index contributed by atoms with van der Waals surface area (Å²) >= 11 is 36.2. The van der Waals surface area contributed by atoms with Gasteiger partial charge in [0, 0.05) is 58.8 Å². The third-order valence-corrected chi connectivity index (χ3v) is 23.0. The third-order valence-electron chi connectivity index (χ3n) is 21.4. The van der Waals surface area contributed by atoms with Gasteiger partial charge in [-0.05, 0) is 209 Å². The van der Waals surface area contributed by atoms with Crippen LogP contribution in [0.4, 0.5) is 0 Å². The van der Waals surface area contributed by atoms with E-state index in [0.717, 1.165) is 173 Å². The van der Waals surface area contributed by atoms with E-state index in [-0.39, 0.29) is 48.7 Å². The molecule has 696 valence electrons. The average Bonchev–Trinajstić information content (AvgIpc) is 1.64. The Morgan fingerprint density at radius 3 is 0.580 bits per heavy atom. The van der Waals surface area contributed by atoms with Crippen molar-refractivity contribution in [2.45, 2.75) is 291 Å². The van der Waals surface area contributed by atoms with E-state index in [2.05, 4.69) is 415 Å². The van der Waals surface area contributed by atoms with Crippen LogP contribution in [0.3, 0.4) is 0 Å². The van der Waals surface area contributed by atoms with Gasteiger partial charge < -0.3 is 44.9 Å². The molecule has 0 radical (unpaired) electrons. The van der Waals surface area contributed by atoms with Gasteiger partial charge in [-0.2, -0.15) is 0 Å². The van der Waals surface area contributed by atoms with Crippen molar-refractivity contribution in [3.8, 4) is 0 Å². The maximum atomic E-state index is 6.14. The Kier molecular flexibility index (Phi) is 31.2. The van der Waals surface area contributed by atoms with Crippen LogP contribution in [0.15, 0.2) is 133 Å². The first kappa shape index (κ1) is 103. The highest BCUT2D eigenvalue weighted by atomic mass is 35.5. The van der Waals surface area contributed by atoms with Crippen LogP contribution in [0.1, 0.15) is 284 Å². The van der Waals surface area contributed by atoms with Gasteiger partial charge in [0.05, 0.1) is 97.3 Å². The number of hydrogen-bond acceptors (Lipinski definition) is 9. The van der Waals surface area contributed by atoms with E-state index in [1.807, 2.05) is 38.1 Å². The summed E-state index contributed by atoms with van der Waals surface area (Å²) in [5.41, 5.74) is 28.5. The molecule has 0 saturated carbocycles. The van der Waals surface area contributed by atoms with Crippen molar-refractivity contribution in [3.63, 3.8) is 0 Å². The maximum absolute atomic E-state index is 6.14.